The molecular weight excluding hydrogens is 176 g/mol. The molecule has 0 bridgehead atoms. The third kappa shape index (κ3) is 4.94. The molecule has 1 rings (SSSR count). The van der Waals surface area contributed by atoms with E-state index < -0.39 is 0 Å². The van der Waals surface area contributed by atoms with Crippen LogP contribution in [-0.2, 0) is 0 Å². The number of hydrogen-bond acceptors (Lipinski definition) is 3. The zero-order valence-corrected chi connectivity index (χ0v) is 9.12. The zero-order chi connectivity index (χ0) is 10.2. The van der Waals surface area contributed by atoms with Crippen LogP contribution in [0.4, 0.5) is 0 Å². The van der Waals surface area contributed by atoms with E-state index in [1.165, 1.54) is 45.2 Å². The Morgan fingerprint density at radius 2 is 1.64 bits per heavy atom. The van der Waals surface area contributed by atoms with Crippen molar-refractivity contribution < 1.29 is 5.11 Å². The van der Waals surface area contributed by atoms with E-state index in [0.29, 0.717) is 0 Å². The highest BCUT2D eigenvalue weighted by Crippen LogP contribution is 2.10. The molecule has 0 aromatic carbocycles. The molecule has 0 amide bonds. The van der Waals surface area contributed by atoms with Crippen LogP contribution in [0, 0.1) is 0 Å². The molecule has 3 N–H and O–H groups in total. The first kappa shape index (κ1) is 12.0. The average Bonchev–Trinajstić information content (AvgIpc) is 2.15. The van der Waals surface area contributed by atoms with Crippen LogP contribution >= 0.6 is 0 Å². The molecule has 3 heteroatoms. The first-order valence-electron chi connectivity index (χ1n) is 5.91. The molecule has 0 saturated carbocycles. The number of aliphatic hydroxyl groups is 1. The van der Waals surface area contributed by atoms with E-state index in [4.69, 9.17) is 10.8 Å². The lowest BCUT2D eigenvalue weighted by Gasteiger charge is -2.25. The summed E-state index contributed by atoms with van der Waals surface area (Å²) in [5.74, 6) is 0. The van der Waals surface area contributed by atoms with Crippen molar-refractivity contribution in [3.05, 3.63) is 0 Å². The van der Waals surface area contributed by atoms with Crippen LogP contribution in [0.3, 0.4) is 0 Å². The van der Waals surface area contributed by atoms with E-state index in [0.717, 1.165) is 13.0 Å². The molecule has 1 saturated heterocycles. The lowest BCUT2D eigenvalue weighted by Crippen LogP contribution is -2.34. The van der Waals surface area contributed by atoms with Gasteiger partial charge in [0.05, 0.1) is 6.61 Å². The molecule has 0 spiro atoms. The maximum atomic E-state index is 8.82. The fourth-order valence-electron chi connectivity index (χ4n) is 1.98. The Balaban J connectivity index is 2.13. The van der Waals surface area contributed by atoms with Gasteiger partial charge in [0, 0.05) is 6.04 Å². The van der Waals surface area contributed by atoms with Crippen molar-refractivity contribution in [1.82, 2.24) is 4.90 Å². The van der Waals surface area contributed by atoms with Gasteiger partial charge in [-0.1, -0.05) is 19.3 Å². The monoisotopic (exact) mass is 200 g/mol. The van der Waals surface area contributed by atoms with E-state index in [2.05, 4.69) is 4.90 Å². The number of rotatable bonds is 4. The Hall–Kier alpha value is -0.120. The summed E-state index contributed by atoms with van der Waals surface area (Å²) in [5.41, 5.74) is 5.68. The van der Waals surface area contributed by atoms with E-state index in [9.17, 15) is 0 Å². The van der Waals surface area contributed by atoms with Crippen LogP contribution in [0.15, 0.2) is 0 Å². The van der Waals surface area contributed by atoms with Gasteiger partial charge in [-0.15, -0.1) is 0 Å². The molecule has 3 nitrogen and oxygen atoms in total. The van der Waals surface area contributed by atoms with Crippen molar-refractivity contribution in [2.45, 2.75) is 44.6 Å². The van der Waals surface area contributed by atoms with Crippen LogP contribution in [-0.4, -0.2) is 42.3 Å². The van der Waals surface area contributed by atoms with Crippen molar-refractivity contribution in [2.24, 2.45) is 5.73 Å². The fourth-order valence-corrected chi connectivity index (χ4v) is 1.98. The number of likely N-dealkylation sites (tertiary alicyclic amines) is 1. The highest BCUT2D eigenvalue weighted by atomic mass is 16.3. The molecule has 1 unspecified atom stereocenters. The fraction of sp³-hybridized carbons (Fsp3) is 1.00. The van der Waals surface area contributed by atoms with E-state index >= 15 is 0 Å². The molecule has 1 atom stereocenters. The highest BCUT2D eigenvalue weighted by molar-refractivity contribution is 4.66. The maximum absolute atomic E-state index is 8.82. The molecule has 1 fully saturated rings. The summed E-state index contributed by atoms with van der Waals surface area (Å²) >= 11 is 0. The molecule has 0 radical (unpaired) electrons. The Kier molecular flexibility index (Phi) is 6.15. The third-order valence-corrected chi connectivity index (χ3v) is 3.00. The molecule has 0 aromatic heterocycles. The van der Waals surface area contributed by atoms with Gasteiger partial charge in [0.25, 0.3) is 0 Å². The summed E-state index contributed by atoms with van der Waals surface area (Å²) < 4.78 is 0. The summed E-state index contributed by atoms with van der Waals surface area (Å²) in [5, 5.41) is 8.82. The molecule has 0 aliphatic carbocycles. The number of nitrogens with zero attached hydrogens (tertiary/aromatic N) is 1. The van der Waals surface area contributed by atoms with Crippen LogP contribution in [0.1, 0.15) is 38.5 Å². The van der Waals surface area contributed by atoms with Crippen LogP contribution in [0.25, 0.3) is 0 Å². The van der Waals surface area contributed by atoms with E-state index in [-0.39, 0.29) is 12.6 Å². The Bertz CT molecular complexity index is 133. The smallest absolute Gasteiger partial charge is 0.0583 e. The zero-order valence-electron chi connectivity index (χ0n) is 9.12. The second-order valence-electron chi connectivity index (χ2n) is 4.34. The summed E-state index contributed by atoms with van der Waals surface area (Å²) in [6.45, 7) is 3.62. The van der Waals surface area contributed by atoms with Gasteiger partial charge in [0.15, 0.2) is 0 Å². The third-order valence-electron chi connectivity index (χ3n) is 3.00. The first-order valence-corrected chi connectivity index (χ1v) is 5.91. The average molecular weight is 200 g/mol. The summed E-state index contributed by atoms with van der Waals surface area (Å²) in [6.07, 6.45) is 7.74. The molecule has 84 valence electrons. The van der Waals surface area contributed by atoms with Crippen molar-refractivity contribution in [2.75, 3.05) is 26.2 Å². The molecule has 1 aliphatic rings. The Morgan fingerprint density at radius 3 is 2.21 bits per heavy atom. The van der Waals surface area contributed by atoms with Gasteiger partial charge in [-0.2, -0.15) is 0 Å². The van der Waals surface area contributed by atoms with Gasteiger partial charge in [-0.3, -0.25) is 0 Å². The second-order valence-corrected chi connectivity index (χ2v) is 4.34. The second kappa shape index (κ2) is 7.21. The van der Waals surface area contributed by atoms with Gasteiger partial charge >= 0.3 is 0 Å². The van der Waals surface area contributed by atoms with E-state index in [1.54, 1.807) is 0 Å². The Morgan fingerprint density at radius 1 is 1.07 bits per heavy atom. The molecule has 1 heterocycles. The van der Waals surface area contributed by atoms with Gasteiger partial charge < -0.3 is 15.7 Å². The minimum absolute atomic E-state index is 0.0274. The number of hydrogen-bond donors (Lipinski definition) is 2. The Labute approximate surface area is 87.3 Å². The minimum Gasteiger partial charge on any atom is -0.395 e. The lowest BCUT2D eigenvalue weighted by atomic mass is 10.1. The predicted octanol–water partition coefficient (Wildman–Crippen LogP) is 0.962. The van der Waals surface area contributed by atoms with Crippen LogP contribution in [0.5, 0.6) is 0 Å². The molecule has 0 aromatic rings. The van der Waals surface area contributed by atoms with Crippen molar-refractivity contribution in [3.63, 3.8) is 0 Å². The summed E-state index contributed by atoms with van der Waals surface area (Å²) in [4.78, 5) is 2.49. The van der Waals surface area contributed by atoms with Crippen molar-refractivity contribution >= 4 is 0 Å². The van der Waals surface area contributed by atoms with Gasteiger partial charge in [-0.05, 0) is 38.9 Å². The quantitative estimate of drug-likeness (QED) is 0.711. The van der Waals surface area contributed by atoms with Gasteiger partial charge in [0.1, 0.15) is 0 Å². The topological polar surface area (TPSA) is 49.5 Å². The number of nitrogens with two attached hydrogens (primary N) is 1. The lowest BCUT2D eigenvalue weighted by molar-refractivity contribution is 0.212. The summed E-state index contributed by atoms with van der Waals surface area (Å²) in [6, 6.07) is -0.0274. The largest absolute Gasteiger partial charge is 0.395 e. The van der Waals surface area contributed by atoms with Crippen molar-refractivity contribution in [1.29, 1.82) is 0 Å². The normalized spacial score (nSPS) is 22.7. The highest BCUT2D eigenvalue weighted by Gasteiger charge is 2.09. The van der Waals surface area contributed by atoms with Crippen LogP contribution in [0.2, 0.25) is 0 Å². The number of aliphatic hydroxyl groups excluding tert-OH is 1. The van der Waals surface area contributed by atoms with Gasteiger partial charge in [0.2, 0.25) is 0 Å². The first-order chi connectivity index (χ1) is 6.83. The summed E-state index contributed by atoms with van der Waals surface area (Å²) in [7, 11) is 0. The van der Waals surface area contributed by atoms with Crippen LogP contribution < -0.4 is 5.73 Å². The predicted molar refractivity (Wildman–Crippen MR) is 59.2 cm³/mol. The standard InChI is InChI=1S/C11H24N2O/c12-11(10-14)6-9-13-7-4-2-1-3-5-8-13/h11,14H,1-10,12H2. The van der Waals surface area contributed by atoms with E-state index in [1.807, 2.05) is 0 Å². The van der Waals surface area contributed by atoms with Gasteiger partial charge in [-0.25, -0.2) is 0 Å². The molecule has 14 heavy (non-hydrogen) atoms. The maximum Gasteiger partial charge on any atom is 0.0583 e. The molecule has 1 aliphatic heterocycles. The van der Waals surface area contributed by atoms with Crippen molar-refractivity contribution in [3.8, 4) is 0 Å². The molecular formula is C11H24N2O. The minimum atomic E-state index is -0.0274. The SMILES string of the molecule is NC(CO)CCN1CCCCCCC1.